The van der Waals surface area contributed by atoms with Gasteiger partial charge in [0, 0.05) is 36.3 Å². The third-order valence-corrected chi connectivity index (χ3v) is 5.82. The lowest BCUT2D eigenvalue weighted by molar-refractivity contribution is -0.384. The molecule has 0 bridgehead atoms. The smallest absolute Gasteiger partial charge is 0.269 e. The average Bonchev–Trinajstić information content (AvgIpc) is 2.78. The molecule has 1 aliphatic rings. The molecule has 1 N–H and O–H groups in total. The third kappa shape index (κ3) is 5.03. The van der Waals surface area contributed by atoms with Crippen LogP contribution in [-0.4, -0.2) is 28.7 Å². The van der Waals surface area contributed by atoms with E-state index in [1.54, 1.807) is 48.3 Å². The van der Waals surface area contributed by atoms with Crippen LogP contribution in [0.2, 0.25) is 0 Å². The summed E-state index contributed by atoms with van der Waals surface area (Å²) in [6.45, 7) is 1.83. The molecular formula is C23H27N3O4. The Morgan fingerprint density at radius 2 is 1.80 bits per heavy atom. The van der Waals surface area contributed by atoms with Crippen LogP contribution in [0.15, 0.2) is 48.5 Å². The van der Waals surface area contributed by atoms with Crippen LogP contribution >= 0.6 is 0 Å². The number of carbonyl (C=O) groups excluding carboxylic acids is 2. The summed E-state index contributed by atoms with van der Waals surface area (Å²) in [4.78, 5) is 37.6. The van der Waals surface area contributed by atoms with Crippen LogP contribution in [0.5, 0.6) is 0 Å². The summed E-state index contributed by atoms with van der Waals surface area (Å²) in [5.74, 6) is -0.171. The number of hydrogen-bond donors (Lipinski definition) is 1. The number of nitrogens with zero attached hydrogens (tertiary/aromatic N) is 2. The first-order valence-corrected chi connectivity index (χ1v) is 10.3. The molecule has 1 fully saturated rings. The molecular weight excluding hydrogens is 382 g/mol. The Morgan fingerprint density at radius 3 is 2.50 bits per heavy atom. The maximum absolute atomic E-state index is 13.0. The molecule has 1 atom stereocenters. The number of nitro groups is 1. The second-order valence-electron chi connectivity index (χ2n) is 7.85. The molecule has 0 radical (unpaired) electrons. The Kier molecular flexibility index (Phi) is 6.82. The molecule has 2 aromatic rings. The van der Waals surface area contributed by atoms with Gasteiger partial charge in [-0.25, -0.2) is 0 Å². The lowest BCUT2D eigenvalue weighted by Crippen LogP contribution is -2.30. The zero-order valence-electron chi connectivity index (χ0n) is 17.3. The van der Waals surface area contributed by atoms with E-state index in [1.165, 1.54) is 18.6 Å². The Bertz CT molecular complexity index is 938. The van der Waals surface area contributed by atoms with Gasteiger partial charge in [-0.15, -0.1) is 0 Å². The highest BCUT2D eigenvalue weighted by Gasteiger charge is 2.23. The van der Waals surface area contributed by atoms with Gasteiger partial charge in [-0.1, -0.05) is 37.5 Å². The van der Waals surface area contributed by atoms with Crippen molar-refractivity contribution in [3.63, 3.8) is 0 Å². The maximum atomic E-state index is 13.0. The number of hydrogen-bond acceptors (Lipinski definition) is 4. The quantitative estimate of drug-likeness (QED) is 0.540. The zero-order chi connectivity index (χ0) is 21.7. The minimum absolute atomic E-state index is 0.00683. The van der Waals surface area contributed by atoms with Gasteiger partial charge < -0.3 is 10.2 Å². The number of nitro benzene ring substituents is 1. The molecule has 7 nitrogen and oxygen atoms in total. The Hall–Kier alpha value is -3.22. The standard InChI is InChI=1S/C23H27N3O4/c1-16(18-10-7-13-21(15-18)26(29)30)25(2)23(28)19-11-6-12-20(14-19)24-22(27)17-8-4-3-5-9-17/h6-7,10-17H,3-5,8-9H2,1-2H3,(H,24,27). The minimum atomic E-state index is -0.448. The van der Waals surface area contributed by atoms with Crippen molar-refractivity contribution in [3.05, 3.63) is 69.8 Å². The molecule has 0 spiro atoms. The number of rotatable bonds is 6. The highest BCUT2D eigenvalue weighted by Crippen LogP contribution is 2.27. The summed E-state index contributed by atoms with van der Waals surface area (Å²) in [6.07, 6.45) is 5.17. The van der Waals surface area contributed by atoms with E-state index in [0.29, 0.717) is 16.8 Å². The van der Waals surface area contributed by atoms with Crippen molar-refractivity contribution >= 4 is 23.2 Å². The number of nitrogens with one attached hydrogen (secondary N) is 1. The van der Waals surface area contributed by atoms with Gasteiger partial charge in [-0.05, 0) is 43.5 Å². The van der Waals surface area contributed by atoms with E-state index in [1.807, 2.05) is 6.92 Å². The molecule has 0 saturated heterocycles. The van der Waals surface area contributed by atoms with Crippen molar-refractivity contribution in [1.29, 1.82) is 0 Å². The summed E-state index contributed by atoms with van der Waals surface area (Å²) in [7, 11) is 1.67. The molecule has 2 amide bonds. The highest BCUT2D eigenvalue weighted by atomic mass is 16.6. The molecule has 0 aromatic heterocycles. The van der Waals surface area contributed by atoms with E-state index in [9.17, 15) is 19.7 Å². The second-order valence-corrected chi connectivity index (χ2v) is 7.85. The average molecular weight is 409 g/mol. The van der Waals surface area contributed by atoms with Crippen LogP contribution < -0.4 is 5.32 Å². The van der Waals surface area contributed by atoms with Gasteiger partial charge in [0.05, 0.1) is 11.0 Å². The van der Waals surface area contributed by atoms with Crippen molar-refractivity contribution in [2.75, 3.05) is 12.4 Å². The van der Waals surface area contributed by atoms with E-state index in [4.69, 9.17) is 0 Å². The summed E-state index contributed by atoms with van der Waals surface area (Å²) in [6, 6.07) is 12.8. The van der Waals surface area contributed by atoms with Gasteiger partial charge in [-0.2, -0.15) is 0 Å². The van der Waals surface area contributed by atoms with Gasteiger partial charge in [0.15, 0.2) is 0 Å². The van der Waals surface area contributed by atoms with E-state index in [-0.39, 0.29) is 29.5 Å². The lowest BCUT2D eigenvalue weighted by atomic mass is 9.88. The van der Waals surface area contributed by atoms with E-state index in [2.05, 4.69) is 5.32 Å². The number of carbonyl (C=O) groups is 2. The monoisotopic (exact) mass is 409 g/mol. The fourth-order valence-electron chi connectivity index (χ4n) is 3.84. The summed E-state index contributed by atoms with van der Waals surface area (Å²) in [5, 5.41) is 14.0. The zero-order valence-corrected chi connectivity index (χ0v) is 17.3. The molecule has 0 heterocycles. The SMILES string of the molecule is CC(c1cccc([N+](=O)[O-])c1)N(C)C(=O)c1cccc(NC(=O)C2CCCCC2)c1. The van der Waals surface area contributed by atoms with Crippen LogP contribution in [0, 0.1) is 16.0 Å². The van der Waals surface area contributed by atoms with E-state index >= 15 is 0 Å². The van der Waals surface area contributed by atoms with Crippen molar-refractivity contribution in [1.82, 2.24) is 4.90 Å². The fraction of sp³-hybridized carbons (Fsp3) is 0.391. The van der Waals surface area contributed by atoms with Crippen molar-refractivity contribution in [2.45, 2.75) is 45.1 Å². The first kappa shape index (κ1) is 21.5. The molecule has 1 aliphatic carbocycles. The van der Waals surface area contributed by atoms with Crippen LogP contribution in [0.25, 0.3) is 0 Å². The largest absolute Gasteiger partial charge is 0.335 e. The Labute approximate surface area is 176 Å². The predicted octanol–water partition coefficient (Wildman–Crippen LogP) is 4.95. The molecule has 1 saturated carbocycles. The Balaban J connectivity index is 1.71. The molecule has 30 heavy (non-hydrogen) atoms. The predicted molar refractivity (Wildman–Crippen MR) is 115 cm³/mol. The Morgan fingerprint density at radius 1 is 1.10 bits per heavy atom. The molecule has 0 aliphatic heterocycles. The molecule has 2 aromatic carbocycles. The first-order chi connectivity index (χ1) is 14.4. The van der Waals surface area contributed by atoms with Gasteiger partial charge >= 0.3 is 0 Å². The number of amides is 2. The number of non-ortho nitro benzene ring substituents is 1. The molecule has 158 valence electrons. The maximum Gasteiger partial charge on any atom is 0.269 e. The normalized spacial score (nSPS) is 15.3. The van der Waals surface area contributed by atoms with Crippen molar-refractivity contribution in [2.24, 2.45) is 5.92 Å². The van der Waals surface area contributed by atoms with Crippen molar-refractivity contribution in [3.8, 4) is 0 Å². The van der Waals surface area contributed by atoms with E-state index in [0.717, 1.165) is 25.7 Å². The summed E-state index contributed by atoms with van der Waals surface area (Å²) in [5.41, 5.74) is 1.73. The summed E-state index contributed by atoms with van der Waals surface area (Å²) < 4.78 is 0. The van der Waals surface area contributed by atoms with Crippen LogP contribution in [0.3, 0.4) is 0 Å². The first-order valence-electron chi connectivity index (χ1n) is 10.3. The topological polar surface area (TPSA) is 92.6 Å². The fourth-order valence-corrected chi connectivity index (χ4v) is 3.84. The van der Waals surface area contributed by atoms with Crippen LogP contribution in [0.4, 0.5) is 11.4 Å². The minimum Gasteiger partial charge on any atom is -0.335 e. The van der Waals surface area contributed by atoms with Gasteiger partial charge in [0.25, 0.3) is 11.6 Å². The van der Waals surface area contributed by atoms with Crippen molar-refractivity contribution < 1.29 is 14.5 Å². The lowest BCUT2D eigenvalue weighted by Gasteiger charge is -2.25. The van der Waals surface area contributed by atoms with Gasteiger partial charge in [-0.3, -0.25) is 19.7 Å². The van der Waals surface area contributed by atoms with Gasteiger partial charge in [0.1, 0.15) is 0 Å². The molecule has 3 rings (SSSR count). The highest BCUT2D eigenvalue weighted by molar-refractivity contribution is 5.97. The number of anilines is 1. The van der Waals surface area contributed by atoms with Crippen LogP contribution in [-0.2, 0) is 4.79 Å². The number of benzene rings is 2. The third-order valence-electron chi connectivity index (χ3n) is 5.82. The summed E-state index contributed by atoms with van der Waals surface area (Å²) >= 11 is 0. The van der Waals surface area contributed by atoms with Gasteiger partial charge in [0.2, 0.25) is 5.91 Å². The van der Waals surface area contributed by atoms with E-state index < -0.39 is 4.92 Å². The molecule has 7 heteroatoms. The van der Waals surface area contributed by atoms with Crippen LogP contribution in [0.1, 0.15) is 61.0 Å². The molecule has 1 unspecified atom stereocenters. The second kappa shape index (κ2) is 9.52.